The third-order valence-electron chi connectivity index (χ3n) is 6.65. The maximum atomic E-state index is 13.2. The molecule has 0 bridgehead atoms. The smallest absolute Gasteiger partial charge is 0.407 e. The Balaban J connectivity index is 1.47. The first-order chi connectivity index (χ1) is 17.9. The molecule has 0 saturated carbocycles. The minimum Gasteiger partial charge on any atom is -0.467 e. The number of carbonyl (C=O) groups is 3. The molecule has 3 aromatic rings. The van der Waals surface area contributed by atoms with E-state index in [-0.39, 0.29) is 24.9 Å². The van der Waals surface area contributed by atoms with Gasteiger partial charge >= 0.3 is 12.1 Å². The highest BCUT2D eigenvalue weighted by atomic mass is 16.5. The van der Waals surface area contributed by atoms with Gasteiger partial charge < -0.3 is 20.1 Å². The second kappa shape index (κ2) is 11.7. The maximum Gasteiger partial charge on any atom is 0.407 e. The van der Waals surface area contributed by atoms with Crippen LogP contribution in [0, 0.1) is 5.92 Å². The molecular weight excluding hydrogens is 468 g/mol. The number of hydrogen-bond donors (Lipinski definition) is 2. The number of hydrogen-bond acceptors (Lipinski definition) is 5. The summed E-state index contributed by atoms with van der Waals surface area (Å²) in [6.07, 6.45) is -0.458. The summed E-state index contributed by atoms with van der Waals surface area (Å²) in [4.78, 5) is 38.3. The summed E-state index contributed by atoms with van der Waals surface area (Å²) in [5, 5.41) is 5.45. The first-order valence-corrected chi connectivity index (χ1v) is 12.4. The van der Waals surface area contributed by atoms with Crippen LogP contribution in [0.5, 0.6) is 0 Å². The molecule has 0 fully saturated rings. The Morgan fingerprint density at radius 1 is 0.811 bits per heavy atom. The number of amides is 2. The molecule has 7 heteroatoms. The summed E-state index contributed by atoms with van der Waals surface area (Å²) in [5.41, 5.74) is 5.34. The van der Waals surface area contributed by atoms with E-state index < -0.39 is 30.1 Å². The first-order valence-electron chi connectivity index (χ1n) is 12.4. The lowest BCUT2D eigenvalue weighted by atomic mass is 9.98. The molecule has 3 aromatic carbocycles. The molecule has 1 aliphatic carbocycles. The quantitative estimate of drug-likeness (QED) is 0.424. The highest BCUT2D eigenvalue weighted by Crippen LogP contribution is 2.44. The van der Waals surface area contributed by atoms with E-state index in [4.69, 9.17) is 9.47 Å². The van der Waals surface area contributed by atoms with Crippen LogP contribution in [0.25, 0.3) is 11.1 Å². The van der Waals surface area contributed by atoms with Gasteiger partial charge in [0.2, 0.25) is 5.91 Å². The number of methoxy groups -OCH3 is 1. The number of fused-ring (bicyclic) bond motifs is 3. The first kappa shape index (κ1) is 25.9. The number of rotatable bonds is 9. The zero-order valence-electron chi connectivity index (χ0n) is 21.3. The fourth-order valence-electron chi connectivity index (χ4n) is 4.72. The maximum absolute atomic E-state index is 13.2. The van der Waals surface area contributed by atoms with Gasteiger partial charge in [0, 0.05) is 12.3 Å². The standard InChI is InChI=1S/C30H32N2O5/c1-19(2)27(29(34)36-3)32-28(33)26(17-20-11-5-4-6-12-20)31-30(35)37-18-25-23-15-9-7-13-21(23)22-14-8-10-16-24(22)25/h4-16,19,25-27H,17-18H2,1-3H3,(H,31,35)(H,32,33)/t26-,27-/m0/s1. The van der Waals surface area contributed by atoms with Crippen molar-refractivity contribution in [3.8, 4) is 11.1 Å². The van der Waals surface area contributed by atoms with Gasteiger partial charge in [-0.15, -0.1) is 0 Å². The molecule has 2 atom stereocenters. The fourth-order valence-corrected chi connectivity index (χ4v) is 4.72. The van der Waals surface area contributed by atoms with Crippen molar-refractivity contribution >= 4 is 18.0 Å². The second-order valence-electron chi connectivity index (χ2n) is 9.47. The Labute approximate surface area is 217 Å². The number of esters is 1. The third kappa shape index (κ3) is 6.00. The Bertz CT molecular complexity index is 1210. The molecule has 0 heterocycles. The number of benzene rings is 3. The van der Waals surface area contributed by atoms with Gasteiger partial charge in [-0.05, 0) is 33.7 Å². The van der Waals surface area contributed by atoms with E-state index in [9.17, 15) is 14.4 Å². The molecule has 0 radical (unpaired) electrons. The van der Waals surface area contributed by atoms with Crippen LogP contribution in [0.15, 0.2) is 78.9 Å². The van der Waals surface area contributed by atoms with E-state index in [0.717, 1.165) is 27.8 Å². The Kier molecular flexibility index (Phi) is 8.23. The second-order valence-corrected chi connectivity index (χ2v) is 9.47. The Morgan fingerprint density at radius 3 is 1.95 bits per heavy atom. The summed E-state index contributed by atoms with van der Waals surface area (Å²) < 4.78 is 10.5. The van der Waals surface area contributed by atoms with Gasteiger partial charge in [0.05, 0.1) is 7.11 Å². The Morgan fingerprint density at radius 2 is 1.38 bits per heavy atom. The normalized spacial score (nSPS) is 13.7. The van der Waals surface area contributed by atoms with Gasteiger partial charge in [-0.2, -0.15) is 0 Å². The van der Waals surface area contributed by atoms with Crippen LogP contribution in [-0.4, -0.2) is 43.8 Å². The van der Waals surface area contributed by atoms with Crippen molar-refractivity contribution in [3.63, 3.8) is 0 Å². The fraction of sp³-hybridized carbons (Fsp3) is 0.300. The van der Waals surface area contributed by atoms with Gasteiger partial charge in [0.25, 0.3) is 0 Å². The minimum atomic E-state index is -0.941. The van der Waals surface area contributed by atoms with Crippen molar-refractivity contribution in [2.75, 3.05) is 13.7 Å². The lowest BCUT2D eigenvalue weighted by Crippen LogP contribution is -2.54. The number of nitrogens with one attached hydrogen (secondary N) is 2. The highest BCUT2D eigenvalue weighted by Gasteiger charge is 2.32. The van der Waals surface area contributed by atoms with Crippen molar-refractivity contribution in [2.45, 2.75) is 38.3 Å². The lowest BCUT2D eigenvalue weighted by Gasteiger charge is -2.24. The van der Waals surface area contributed by atoms with E-state index in [0.29, 0.717) is 0 Å². The number of ether oxygens (including phenoxy) is 2. The van der Waals surface area contributed by atoms with Crippen molar-refractivity contribution in [1.29, 1.82) is 0 Å². The van der Waals surface area contributed by atoms with Crippen molar-refractivity contribution < 1.29 is 23.9 Å². The predicted molar refractivity (Wildman–Crippen MR) is 141 cm³/mol. The van der Waals surface area contributed by atoms with Gasteiger partial charge in [-0.25, -0.2) is 9.59 Å². The van der Waals surface area contributed by atoms with Gasteiger partial charge in [0.1, 0.15) is 18.7 Å². The van der Waals surface area contributed by atoms with E-state index >= 15 is 0 Å². The topological polar surface area (TPSA) is 93.7 Å². The summed E-state index contributed by atoms with van der Waals surface area (Å²) in [6, 6.07) is 23.8. The summed E-state index contributed by atoms with van der Waals surface area (Å²) in [7, 11) is 1.28. The molecule has 0 unspecified atom stereocenters. The van der Waals surface area contributed by atoms with Crippen LogP contribution < -0.4 is 10.6 Å². The van der Waals surface area contributed by atoms with E-state index in [1.54, 1.807) is 0 Å². The van der Waals surface area contributed by atoms with Crippen LogP contribution >= 0.6 is 0 Å². The molecule has 0 spiro atoms. The lowest BCUT2D eigenvalue weighted by molar-refractivity contribution is -0.146. The zero-order valence-corrected chi connectivity index (χ0v) is 21.3. The molecule has 7 nitrogen and oxygen atoms in total. The summed E-state index contributed by atoms with van der Waals surface area (Å²) >= 11 is 0. The van der Waals surface area contributed by atoms with Crippen LogP contribution in [0.4, 0.5) is 4.79 Å². The molecule has 0 aromatic heterocycles. The highest BCUT2D eigenvalue weighted by molar-refractivity contribution is 5.90. The summed E-state index contributed by atoms with van der Waals surface area (Å²) in [5.74, 6) is -1.31. The molecule has 37 heavy (non-hydrogen) atoms. The molecule has 2 N–H and O–H groups in total. The van der Waals surface area contributed by atoms with Crippen molar-refractivity contribution in [2.24, 2.45) is 5.92 Å². The van der Waals surface area contributed by atoms with Crippen LogP contribution in [0.1, 0.15) is 36.5 Å². The molecule has 0 saturated heterocycles. The number of alkyl carbamates (subject to hydrolysis) is 1. The van der Waals surface area contributed by atoms with E-state index in [2.05, 4.69) is 22.8 Å². The Hall–Kier alpha value is -4.13. The van der Waals surface area contributed by atoms with Crippen LogP contribution in [-0.2, 0) is 25.5 Å². The predicted octanol–water partition coefficient (Wildman–Crippen LogP) is 4.45. The third-order valence-corrected chi connectivity index (χ3v) is 6.65. The van der Waals surface area contributed by atoms with Gasteiger partial charge in [-0.3, -0.25) is 4.79 Å². The van der Waals surface area contributed by atoms with Gasteiger partial charge in [0.15, 0.2) is 0 Å². The molecule has 0 aliphatic heterocycles. The number of carbonyl (C=O) groups excluding carboxylic acids is 3. The zero-order chi connectivity index (χ0) is 26.4. The van der Waals surface area contributed by atoms with E-state index in [1.165, 1.54) is 7.11 Å². The van der Waals surface area contributed by atoms with Crippen LogP contribution in [0.2, 0.25) is 0 Å². The average molecular weight is 501 g/mol. The molecule has 192 valence electrons. The molecule has 4 rings (SSSR count). The average Bonchev–Trinajstić information content (AvgIpc) is 3.23. The minimum absolute atomic E-state index is 0.0933. The van der Waals surface area contributed by atoms with E-state index in [1.807, 2.05) is 80.6 Å². The van der Waals surface area contributed by atoms with Gasteiger partial charge in [-0.1, -0.05) is 92.7 Å². The molecular formula is C30H32N2O5. The monoisotopic (exact) mass is 500 g/mol. The summed E-state index contributed by atoms with van der Waals surface area (Å²) in [6.45, 7) is 3.76. The SMILES string of the molecule is COC(=O)[C@@H](NC(=O)[C@H](Cc1ccccc1)NC(=O)OCC1c2ccccc2-c2ccccc21)C(C)C. The van der Waals surface area contributed by atoms with Crippen molar-refractivity contribution in [1.82, 2.24) is 10.6 Å². The molecule has 1 aliphatic rings. The van der Waals surface area contributed by atoms with Crippen LogP contribution in [0.3, 0.4) is 0 Å². The van der Waals surface area contributed by atoms with Crippen molar-refractivity contribution in [3.05, 3.63) is 95.6 Å². The molecule has 2 amide bonds. The largest absolute Gasteiger partial charge is 0.467 e.